The lowest BCUT2D eigenvalue weighted by atomic mass is 10.0. The third kappa shape index (κ3) is 19.7. The summed E-state index contributed by atoms with van der Waals surface area (Å²) in [6.45, 7) is 29.7. The molecule has 0 saturated carbocycles. The zero-order chi connectivity index (χ0) is 33.6. The summed E-state index contributed by atoms with van der Waals surface area (Å²) in [4.78, 5) is 0. The second-order valence-corrected chi connectivity index (χ2v) is 14.5. The van der Waals surface area contributed by atoms with Gasteiger partial charge in [0.05, 0.1) is 39.3 Å². The van der Waals surface area contributed by atoms with Crippen molar-refractivity contribution in [2.45, 2.75) is 155 Å². The van der Waals surface area contributed by atoms with E-state index in [2.05, 4.69) is 88.7 Å². The lowest BCUT2D eigenvalue weighted by Crippen LogP contribution is -2.48. The van der Waals surface area contributed by atoms with E-state index < -0.39 is 0 Å². The Morgan fingerprint density at radius 2 is 0.630 bits per heavy atom. The van der Waals surface area contributed by atoms with Crippen LogP contribution < -0.4 is 0 Å². The van der Waals surface area contributed by atoms with Crippen LogP contribution in [0, 0.1) is 0 Å². The Kier molecular flexibility index (Phi) is 25.8. The van der Waals surface area contributed by atoms with E-state index in [-0.39, 0.29) is 0 Å². The van der Waals surface area contributed by atoms with Gasteiger partial charge in [-0.2, -0.15) is 0 Å². The summed E-state index contributed by atoms with van der Waals surface area (Å²) in [5.74, 6) is 0. The Labute approximate surface area is 288 Å². The van der Waals surface area contributed by atoms with E-state index in [0.29, 0.717) is 0 Å². The molecule has 0 unspecified atom stereocenters. The fourth-order valence-electron chi connectivity index (χ4n) is 7.42. The summed E-state index contributed by atoms with van der Waals surface area (Å²) in [5.41, 5.74) is 2.86. The monoisotopic (exact) mass is 635 g/mol. The predicted octanol–water partition coefficient (Wildman–Crippen LogP) is 12.9. The number of quaternary nitrogens is 2. The fourth-order valence-corrected chi connectivity index (χ4v) is 7.42. The highest BCUT2D eigenvalue weighted by molar-refractivity contribution is 5.21. The van der Waals surface area contributed by atoms with Crippen molar-refractivity contribution in [3.8, 4) is 0 Å². The minimum Gasteiger partial charge on any atom is -0.313 e. The summed E-state index contributed by atoms with van der Waals surface area (Å²) in [7, 11) is 0. The summed E-state index contributed by atoms with van der Waals surface area (Å²) in [6.07, 6.45) is 36.1. The predicted molar refractivity (Wildman–Crippen MR) is 208 cm³/mol. The molecule has 0 atom stereocenters. The first-order chi connectivity index (χ1) is 22.5. The summed E-state index contributed by atoms with van der Waals surface area (Å²) in [5, 5.41) is 0. The highest BCUT2D eigenvalue weighted by Gasteiger charge is 2.27. The van der Waals surface area contributed by atoms with Crippen LogP contribution >= 0.6 is 0 Å². The van der Waals surface area contributed by atoms with Crippen molar-refractivity contribution in [2.24, 2.45) is 0 Å². The van der Waals surface area contributed by atoms with Crippen LogP contribution in [0.25, 0.3) is 0 Å². The Bertz CT molecular complexity index is 789. The molecule has 2 heteroatoms. The van der Waals surface area contributed by atoms with Gasteiger partial charge in [-0.3, -0.25) is 0 Å². The summed E-state index contributed by atoms with van der Waals surface area (Å²) >= 11 is 0. The van der Waals surface area contributed by atoms with Gasteiger partial charge in [-0.25, -0.2) is 0 Å². The van der Waals surface area contributed by atoms with E-state index >= 15 is 0 Å². The molecule has 0 aliphatic rings. The van der Waals surface area contributed by atoms with Gasteiger partial charge in [0.15, 0.2) is 0 Å². The van der Waals surface area contributed by atoms with E-state index in [1.165, 1.54) is 153 Å². The molecule has 1 rings (SSSR count). The zero-order valence-electron chi connectivity index (χ0n) is 31.1. The number of hydrogen-bond acceptors (Lipinski definition) is 0. The van der Waals surface area contributed by atoms with Crippen molar-refractivity contribution in [3.05, 3.63) is 86.0 Å². The average molecular weight is 635 g/mol. The molecule has 0 aromatic heterocycles. The van der Waals surface area contributed by atoms with Crippen molar-refractivity contribution in [2.75, 3.05) is 39.3 Å². The normalized spacial score (nSPS) is 11.9. The number of unbranched alkanes of at least 4 members (excludes halogenated alkanes) is 18. The molecule has 0 aliphatic carbocycles. The van der Waals surface area contributed by atoms with Crippen molar-refractivity contribution >= 4 is 0 Å². The maximum Gasteiger partial charge on any atom is 0.105 e. The van der Waals surface area contributed by atoms with E-state index in [1.54, 1.807) is 0 Å². The molecule has 0 fully saturated rings. The van der Waals surface area contributed by atoms with Crippen LogP contribution in [0.3, 0.4) is 0 Å². The maximum atomic E-state index is 4.15. The van der Waals surface area contributed by atoms with Gasteiger partial charge < -0.3 is 8.97 Å². The van der Waals surface area contributed by atoms with Crippen LogP contribution in [0.15, 0.2) is 74.9 Å². The molecule has 0 aliphatic heterocycles. The third-order valence-electron chi connectivity index (χ3n) is 10.1. The van der Waals surface area contributed by atoms with Gasteiger partial charge in [0.1, 0.15) is 13.1 Å². The average Bonchev–Trinajstić information content (AvgIpc) is 3.04. The molecule has 2 nitrogen and oxygen atoms in total. The van der Waals surface area contributed by atoms with Gasteiger partial charge in [-0.1, -0.05) is 167 Å². The molecule has 0 radical (unpaired) electrons. The van der Waals surface area contributed by atoms with Gasteiger partial charge >= 0.3 is 0 Å². The Morgan fingerprint density at radius 1 is 0.391 bits per heavy atom. The van der Waals surface area contributed by atoms with Gasteiger partial charge in [-0.15, -0.1) is 0 Å². The topological polar surface area (TPSA) is 0 Å². The van der Waals surface area contributed by atoms with Crippen molar-refractivity contribution < 1.29 is 8.97 Å². The Morgan fingerprint density at radius 3 is 0.870 bits per heavy atom. The lowest BCUT2D eigenvalue weighted by molar-refractivity contribution is -0.930. The van der Waals surface area contributed by atoms with Crippen LogP contribution in [-0.2, 0) is 13.1 Å². The second-order valence-electron chi connectivity index (χ2n) is 14.5. The molecule has 0 saturated heterocycles. The van der Waals surface area contributed by atoms with Gasteiger partial charge in [0.25, 0.3) is 0 Å². The fraction of sp³-hybridized carbons (Fsp3) is 0.682. The first-order valence-corrected chi connectivity index (χ1v) is 19.7. The van der Waals surface area contributed by atoms with Crippen LogP contribution in [0.2, 0.25) is 0 Å². The molecular formula is C44H78N2+2. The number of benzene rings is 1. The van der Waals surface area contributed by atoms with Gasteiger partial charge in [0.2, 0.25) is 0 Å². The van der Waals surface area contributed by atoms with Gasteiger partial charge in [-0.05, 0) is 50.0 Å². The van der Waals surface area contributed by atoms with E-state index in [0.717, 1.165) is 48.2 Å². The quantitative estimate of drug-likeness (QED) is 0.0402. The minimum atomic E-state index is 1.00. The van der Waals surface area contributed by atoms with Crippen LogP contribution in [0.4, 0.5) is 0 Å². The third-order valence-corrected chi connectivity index (χ3v) is 10.1. The first-order valence-electron chi connectivity index (χ1n) is 19.7. The maximum absolute atomic E-state index is 4.15. The second kappa shape index (κ2) is 28.1. The zero-order valence-corrected chi connectivity index (χ0v) is 31.1. The molecular weight excluding hydrogens is 556 g/mol. The minimum absolute atomic E-state index is 1.00. The largest absolute Gasteiger partial charge is 0.313 e. The Hall–Kier alpha value is -1.90. The number of hydrogen-bond donors (Lipinski definition) is 0. The smallest absolute Gasteiger partial charge is 0.105 e. The molecule has 0 heterocycles. The van der Waals surface area contributed by atoms with Crippen molar-refractivity contribution in [1.82, 2.24) is 0 Å². The van der Waals surface area contributed by atoms with Crippen LogP contribution in [0.5, 0.6) is 0 Å². The molecule has 1 aromatic rings. The molecule has 1 aromatic carbocycles. The molecule has 0 spiro atoms. The standard InChI is InChI=1S/C44H78N2/c1-7-13-15-17-19-21-23-25-27-29-39-45(35-9-3,36-10-4)41-43-31-33-44(34-32-43)42-46(37-11-5,38-12-6)40-30-28-26-24-22-20-18-16-14-8-2/h9-12,31-34H,3-8,13-30,35-42H2,1-2H3/q+2. The number of rotatable bonds is 34. The summed E-state index contributed by atoms with van der Waals surface area (Å²) < 4.78 is 2.07. The molecule has 0 amide bonds. The molecule has 46 heavy (non-hydrogen) atoms. The van der Waals surface area contributed by atoms with Crippen molar-refractivity contribution in [1.29, 1.82) is 0 Å². The molecule has 0 bridgehead atoms. The number of nitrogens with zero attached hydrogens (tertiary/aromatic N) is 2. The summed E-state index contributed by atoms with van der Waals surface area (Å²) in [6, 6.07) is 9.57. The SMILES string of the molecule is C=CC[N+](CC=C)(CCCCCCCCCCCC)Cc1ccc(C[N+](CC=C)(CC=C)CCCCCCCCCCCC)cc1. The van der Waals surface area contributed by atoms with E-state index in [4.69, 9.17) is 0 Å². The van der Waals surface area contributed by atoms with Crippen LogP contribution in [0.1, 0.15) is 153 Å². The molecule has 0 N–H and O–H groups in total. The van der Waals surface area contributed by atoms with Crippen LogP contribution in [-0.4, -0.2) is 48.2 Å². The lowest BCUT2D eigenvalue weighted by Gasteiger charge is -2.38. The van der Waals surface area contributed by atoms with Crippen molar-refractivity contribution in [3.63, 3.8) is 0 Å². The van der Waals surface area contributed by atoms with E-state index in [1.807, 2.05) is 0 Å². The highest BCUT2D eigenvalue weighted by atomic mass is 15.3. The first kappa shape index (κ1) is 42.1. The van der Waals surface area contributed by atoms with Gasteiger partial charge in [0, 0.05) is 11.1 Å². The molecule has 262 valence electrons. The van der Waals surface area contributed by atoms with E-state index in [9.17, 15) is 0 Å². The highest BCUT2D eigenvalue weighted by Crippen LogP contribution is 2.22. The Balaban J connectivity index is 2.69.